The number of ether oxygens (including phenoxy) is 2. The number of hydrogen-bond acceptors (Lipinski definition) is 5. The highest BCUT2D eigenvalue weighted by Gasteiger charge is 2.36. The van der Waals surface area contributed by atoms with Crippen LogP contribution in [0.3, 0.4) is 0 Å². The minimum atomic E-state index is -0.908. The number of hydrogen-bond donors (Lipinski definition) is 1. The average molecular weight is 429 g/mol. The quantitative estimate of drug-likeness (QED) is 0.752. The minimum absolute atomic E-state index is 0.0601. The monoisotopic (exact) mass is 427 g/mol. The van der Waals surface area contributed by atoms with Crippen molar-refractivity contribution < 1.29 is 19.4 Å². The number of halogens is 2. The van der Waals surface area contributed by atoms with E-state index < -0.39 is 6.09 Å². The fraction of sp³-hybridized carbons (Fsp3) is 0.375. The summed E-state index contributed by atoms with van der Waals surface area (Å²) < 4.78 is 12.1. The Kier molecular flexibility index (Phi) is 4.04. The molecule has 1 atom stereocenters. The molecule has 2 aliphatic heterocycles. The van der Waals surface area contributed by atoms with E-state index >= 15 is 0 Å². The van der Waals surface area contributed by atoms with Crippen molar-refractivity contribution in [2.45, 2.75) is 6.04 Å². The molecule has 2 aromatic rings. The van der Waals surface area contributed by atoms with Gasteiger partial charge in [-0.3, -0.25) is 4.98 Å². The van der Waals surface area contributed by atoms with E-state index in [9.17, 15) is 9.90 Å². The van der Waals surface area contributed by atoms with Crippen LogP contribution in [-0.2, 0) is 0 Å². The molecule has 4 rings (SSSR count). The predicted octanol–water partition coefficient (Wildman–Crippen LogP) is 3.22. The second kappa shape index (κ2) is 6.10. The summed E-state index contributed by atoms with van der Waals surface area (Å²) in [7, 11) is 1.57. The van der Waals surface area contributed by atoms with E-state index in [1.54, 1.807) is 13.3 Å². The predicted molar refractivity (Wildman–Crippen MR) is 97.2 cm³/mol. The summed E-state index contributed by atoms with van der Waals surface area (Å²) in [6.07, 6.45) is 0.784. The Morgan fingerprint density at radius 2 is 2.32 bits per heavy atom. The van der Waals surface area contributed by atoms with Gasteiger partial charge in [0.05, 0.1) is 41.0 Å². The first-order valence-electron chi connectivity index (χ1n) is 7.73. The van der Waals surface area contributed by atoms with Gasteiger partial charge in [-0.2, -0.15) is 0 Å². The standard InChI is InChI=1S/C16H15BrClN3O4/c1-24-15-12-10(4-9(17)13(15)18)19-5-11-14(12)21-3-2-20(16(22)23)6-8(21)7-25-11/h4-5,8H,2-3,6-7H2,1H3,(H,22,23)/t8-/m1/s1. The largest absolute Gasteiger partial charge is 0.494 e. The van der Waals surface area contributed by atoms with Gasteiger partial charge in [-0.15, -0.1) is 0 Å². The van der Waals surface area contributed by atoms with Crippen LogP contribution in [0.5, 0.6) is 11.5 Å². The Labute approximate surface area is 157 Å². The molecule has 2 aliphatic rings. The Bertz CT molecular complexity index is 878. The second-order valence-corrected chi connectivity index (χ2v) is 7.19. The topological polar surface area (TPSA) is 75.1 Å². The lowest BCUT2D eigenvalue weighted by Gasteiger charge is -2.45. The molecule has 1 saturated heterocycles. The zero-order chi connectivity index (χ0) is 17.7. The Hall–Kier alpha value is -1.93. The number of rotatable bonds is 1. The van der Waals surface area contributed by atoms with E-state index in [1.165, 1.54) is 4.90 Å². The molecule has 25 heavy (non-hydrogen) atoms. The molecule has 132 valence electrons. The Balaban J connectivity index is 1.89. The van der Waals surface area contributed by atoms with Gasteiger partial charge in [0, 0.05) is 24.1 Å². The molecule has 1 N–H and O–H groups in total. The van der Waals surface area contributed by atoms with E-state index in [2.05, 4.69) is 25.8 Å². The van der Waals surface area contributed by atoms with Crippen molar-refractivity contribution in [2.75, 3.05) is 38.3 Å². The third kappa shape index (κ3) is 2.55. The molecule has 0 aliphatic carbocycles. The van der Waals surface area contributed by atoms with Crippen LogP contribution in [0.4, 0.5) is 10.5 Å². The summed E-state index contributed by atoms with van der Waals surface area (Å²) in [4.78, 5) is 19.3. The lowest BCUT2D eigenvalue weighted by atomic mass is 10.0. The van der Waals surface area contributed by atoms with Gasteiger partial charge >= 0.3 is 6.09 Å². The molecule has 1 amide bonds. The number of piperazine rings is 1. The maximum atomic E-state index is 11.3. The molecule has 0 radical (unpaired) electrons. The van der Waals surface area contributed by atoms with Crippen LogP contribution in [0.1, 0.15) is 0 Å². The third-order valence-electron chi connectivity index (χ3n) is 4.62. The first-order valence-corrected chi connectivity index (χ1v) is 8.90. The van der Waals surface area contributed by atoms with Gasteiger partial charge in [-0.1, -0.05) is 11.6 Å². The first-order chi connectivity index (χ1) is 12.0. The van der Waals surface area contributed by atoms with Gasteiger partial charge in [0.15, 0.2) is 5.75 Å². The summed E-state index contributed by atoms with van der Waals surface area (Å²) in [5, 5.41) is 10.5. The van der Waals surface area contributed by atoms with Crippen LogP contribution in [0.2, 0.25) is 5.02 Å². The second-order valence-electron chi connectivity index (χ2n) is 5.96. The van der Waals surface area contributed by atoms with Crippen molar-refractivity contribution >= 4 is 50.2 Å². The van der Waals surface area contributed by atoms with E-state index in [1.807, 2.05) is 6.07 Å². The van der Waals surface area contributed by atoms with Gasteiger partial charge < -0.3 is 24.4 Å². The van der Waals surface area contributed by atoms with Crippen molar-refractivity contribution in [2.24, 2.45) is 0 Å². The van der Waals surface area contributed by atoms with E-state index in [4.69, 9.17) is 21.1 Å². The molecule has 0 unspecified atom stereocenters. The van der Waals surface area contributed by atoms with Gasteiger partial charge in [0.2, 0.25) is 0 Å². The summed E-state index contributed by atoms with van der Waals surface area (Å²) in [5.74, 6) is 1.18. The molecule has 1 aromatic heterocycles. The number of pyridine rings is 1. The van der Waals surface area contributed by atoms with E-state index in [0.29, 0.717) is 47.2 Å². The fourth-order valence-electron chi connectivity index (χ4n) is 3.47. The Morgan fingerprint density at radius 1 is 1.52 bits per heavy atom. The van der Waals surface area contributed by atoms with Gasteiger partial charge in [0.1, 0.15) is 12.4 Å². The fourth-order valence-corrected chi connectivity index (χ4v) is 4.09. The number of amides is 1. The van der Waals surface area contributed by atoms with Crippen LogP contribution >= 0.6 is 27.5 Å². The van der Waals surface area contributed by atoms with Crippen LogP contribution in [0, 0.1) is 0 Å². The van der Waals surface area contributed by atoms with E-state index in [0.717, 1.165) is 16.6 Å². The summed E-state index contributed by atoms with van der Waals surface area (Å²) in [6, 6.07) is 1.78. The van der Waals surface area contributed by atoms with E-state index in [-0.39, 0.29) is 6.04 Å². The third-order valence-corrected chi connectivity index (χ3v) is 5.85. The highest BCUT2D eigenvalue weighted by molar-refractivity contribution is 9.10. The van der Waals surface area contributed by atoms with Crippen molar-refractivity contribution in [1.29, 1.82) is 0 Å². The number of carbonyl (C=O) groups is 1. The molecule has 1 aromatic carbocycles. The molecule has 9 heteroatoms. The molecule has 7 nitrogen and oxygen atoms in total. The molecular formula is C16H15BrClN3O4. The average Bonchev–Trinajstić information content (AvgIpc) is 2.61. The molecule has 0 spiro atoms. The molecule has 3 heterocycles. The zero-order valence-corrected chi connectivity index (χ0v) is 15.7. The normalized spacial score (nSPS) is 19.2. The highest BCUT2D eigenvalue weighted by Crippen LogP contribution is 2.48. The maximum absolute atomic E-state index is 11.3. The highest BCUT2D eigenvalue weighted by atomic mass is 79.9. The SMILES string of the molecule is COc1c(Cl)c(Br)cc2ncc3c(c12)N1CCN(C(=O)O)C[C@@H]1CO3. The van der Waals surface area contributed by atoms with Crippen LogP contribution in [0.15, 0.2) is 16.7 Å². The number of methoxy groups -OCH3 is 1. The summed E-state index contributed by atoms with van der Waals surface area (Å²) >= 11 is 9.84. The Morgan fingerprint density at radius 3 is 3.04 bits per heavy atom. The molecular weight excluding hydrogens is 414 g/mol. The van der Waals surface area contributed by atoms with Crippen molar-refractivity contribution in [3.8, 4) is 11.5 Å². The van der Waals surface area contributed by atoms with Crippen molar-refractivity contribution in [1.82, 2.24) is 9.88 Å². The minimum Gasteiger partial charge on any atom is -0.494 e. The van der Waals surface area contributed by atoms with Crippen LogP contribution in [-0.4, -0.2) is 60.5 Å². The van der Waals surface area contributed by atoms with Crippen LogP contribution in [0.25, 0.3) is 10.9 Å². The number of nitrogens with zero attached hydrogens (tertiary/aromatic N) is 3. The summed E-state index contributed by atoms with van der Waals surface area (Å²) in [6.45, 7) is 1.81. The number of fused-ring (bicyclic) bond motifs is 5. The number of benzene rings is 1. The summed E-state index contributed by atoms with van der Waals surface area (Å²) in [5.41, 5.74) is 1.59. The van der Waals surface area contributed by atoms with Crippen molar-refractivity contribution in [3.05, 3.63) is 21.8 Å². The first kappa shape index (κ1) is 16.5. The van der Waals surface area contributed by atoms with Gasteiger partial charge in [-0.05, 0) is 22.0 Å². The van der Waals surface area contributed by atoms with Gasteiger partial charge in [0.25, 0.3) is 0 Å². The number of anilines is 1. The number of aromatic nitrogens is 1. The molecule has 0 bridgehead atoms. The van der Waals surface area contributed by atoms with Crippen LogP contribution < -0.4 is 14.4 Å². The van der Waals surface area contributed by atoms with Crippen molar-refractivity contribution in [3.63, 3.8) is 0 Å². The lowest BCUT2D eigenvalue weighted by Crippen LogP contribution is -2.58. The number of carboxylic acid groups (broad SMARTS) is 1. The van der Waals surface area contributed by atoms with Gasteiger partial charge in [-0.25, -0.2) is 4.79 Å². The maximum Gasteiger partial charge on any atom is 0.407 e. The lowest BCUT2D eigenvalue weighted by molar-refractivity contribution is 0.123. The zero-order valence-electron chi connectivity index (χ0n) is 13.3. The molecule has 1 fully saturated rings. The molecule has 0 saturated carbocycles. The smallest absolute Gasteiger partial charge is 0.407 e.